The fourth-order valence-corrected chi connectivity index (χ4v) is 4.22. The molecule has 160 valence electrons. The van der Waals surface area contributed by atoms with E-state index in [1.54, 1.807) is 6.07 Å². The first-order valence-corrected chi connectivity index (χ1v) is 10.9. The van der Waals surface area contributed by atoms with Crippen molar-refractivity contribution in [1.29, 1.82) is 0 Å². The lowest BCUT2D eigenvalue weighted by atomic mass is 9.99. The highest BCUT2D eigenvalue weighted by Gasteiger charge is 2.17. The lowest BCUT2D eigenvalue weighted by Gasteiger charge is -2.33. The molecule has 5 nitrogen and oxygen atoms in total. The smallest absolute Gasteiger partial charge is 0.338 e. The zero-order valence-corrected chi connectivity index (χ0v) is 19.0. The highest BCUT2D eigenvalue weighted by Crippen LogP contribution is 2.25. The zero-order valence-electron chi connectivity index (χ0n) is 18.2. The first-order chi connectivity index (χ1) is 14.4. The molecule has 0 radical (unpaired) electrons. The van der Waals surface area contributed by atoms with Crippen LogP contribution in [0.4, 0.5) is 11.4 Å². The summed E-state index contributed by atoms with van der Waals surface area (Å²) in [6.45, 7) is 8.55. The fourth-order valence-electron chi connectivity index (χ4n) is 3.94. The Balaban J connectivity index is 1.61. The van der Waals surface area contributed by atoms with Crippen LogP contribution in [0.5, 0.6) is 0 Å². The van der Waals surface area contributed by atoms with E-state index in [4.69, 9.17) is 17.0 Å². The molecule has 1 aliphatic rings. The second-order valence-corrected chi connectivity index (χ2v) is 8.48. The summed E-state index contributed by atoms with van der Waals surface area (Å²) in [5.74, 6) is 0.398. The number of nitrogens with one attached hydrogen (secondary N) is 2. The summed E-state index contributed by atoms with van der Waals surface area (Å²) in [7, 11) is 1.38. The molecule has 3 rings (SSSR count). The van der Waals surface area contributed by atoms with E-state index in [1.165, 1.54) is 31.2 Å². The normalized spacial score (nSPS) is 17.2. The van der Waals surface area contributed by atoms with E-state index >= 15 is 0 Å². The number of hydrogen-bond donors (Lipinski definition) is 2. The van der Waals surface area contributed by atoms with Crippen molar-refractivity contribution in [3.8, 4) is 0 Å². The number of thiocarbonyl (C=S) groups is 1. The number of carbonyl (C=O) groups is 1. The molecule has 2 aromatic carbocycles. The van der Waals surface area contributed by atoms with Gasteiger partial charge in [0, 0.05) is 24.5 Å². The van der Waals surface area contributed by atoms with Crippen molar-refractivity contribution in [3.63, 3.8) is 0 Å². The molecule has 30 heavy (non-hydrogen) atoms. The van der Waals surface area contributed by atoms with E-state index in [0.29, 0.717) is 10.7 Å². The molecule has 0 spiro atoms. The van der Waals surface area contributed by atoms with Gasteiger partial charge in [-0.3, -0.25) is 0 Å². The minimum atomic E-state index is -0.355. The summed E-state index contributed by atoms with van der Waals surface area (Å²) in [4.78, 5) is 14.4. The summed E-state index contributed by atoms with van der Waals surface area (Å²) in [6, 6.07) is 14.2. The SMILES string of the molecule is COC(=O)c1cccc(NC(=S)N[C@@H](C)c2ccc(N3CCC[C@H](C)C3)cc2)c1C. The van der Waals surface area contributed by atoms with Crippen LogP contribution >= 0.6 is 12.2 Å². The fraction of sp³-hybridized carbons (Fsp3) is 0.417. The van der Waals surface area contributed by atoms with Gasteiger partial charge in [0.1, 0.15) is 0 Å². The van der Waals surface area contributed by atoms with Crippen LogP contribution in [0.2, 0.25) is 0 Å². The molecule has 2 aromatic rings. The zero-order chi connectivity index (χ0) is 21.7. The van der Waals surface area contributed by atoms with Gasteiger partial charge >= 0.3 is 5.97 Å². The van der Waals surface area contributed by atoms with Gasteiger partial charge in [0.05, 0.1) is 18.7 Å². The lowest BCUT2D eigenvalue weighted by molar-refractivity contribution is 0.0600. The third-order valence-electron chi connectivity index (χ3n) is 5.75. The maximum absolute atomic E-state index is 11.9. The van der Waals surface area contributed by atoms with Gasteiger partial charge in [0.25, 0.3) is 0 Å². The van der Waals surface area contributed by atoms with Crippen molar-refractivity contribution in [3.05, 3.63) is 59.2 Å². The summed E-state index contributed by atoms with van der Waals surface area (Å²) in [6.07, 6.45) is 2.58. The molecule has 1 fully saturated rings. The van der Waals surface area contributed by atoms with E-state index in [0.717, 1.165) is 30.3 Å². The van der Waals surface area contributed by atoms with Crippen LogP contribution in [0.3, 0.4) is 0 Å². The van der Waals surface area contributed by atoms with Gasteiger partial charge in [-0.15, -0.1) is 0 Å². The van der Waals surface area contributed by atoms with E-state index in [-0.39, 0.29) is 12.0 Å². The van der Waals surface area contributed by atoms with Gasteiger partial charge in [-0.25, -0.2) is 4.79 Å². The standard InChI is InChI=1S/C24H31N3O2S/c1-16-7-6-14-27(15-16)20-12-10-19(11-13-20)18(3)25-24(30)26-22-9-5-8-21(17(22)2)23(28)29-4/h5,8-13,16,18H,6-7,14-15H2,1-4H3,(H2,25,26,30)/t16-,18-/m0/s1. The topological polar surface area (TPSA) is 53.6 Å². The second-order valence-electron chi connectivity index (χ2n) is 8.07. The first-order valence-electron chi connectivity index (χ1n) is 10.5. The molecule has 1 saturated heterocycles. The molecule has 6 heteroatoms. The number of benzene rings is 2. The third-order valence-corrected chi connectivity index (χ3v) is 5.97. The Morgan fingerprint density at radius 2 is 1.97 bits per heavy atom. The Labute approximate surface area is 184 Å². The maximum Gasteiger partial charge on any atom is 0.338 e. The number of methoxy groups -OCH3 is 1. The summed E-state index contributed by atoms with van der Waals surface area (Å²) >= 11 is 5.50. The minimum Gasteiger partial charge on any atom is -0.465 e. The highest BCUT2D eigenvalue weighted by molar-refractivity contribution is 7.80. The summed E-state index contributed by atoms with van der Waals surface area (Å²) in [5, 5.41) is 7.05. The number of anilines is 2. The van der Waals surface area contributed by atoms with Gasteiger partial charge in [-0.05, 0) is 80.2 Å². The summed E-state index contributed by atoms with van der Waals surface area (Å²) in [5.41, 5.74) is 4.58. The lowest BCUT2D eigenvalue weighted by Crippen LogP contribution is -2.34. The maximum atomic E-state index is 11.9. The molecular formula is C24H31N3O2S. The quantitative estimate of drug-likeness (QED) is 0.516. The van der Waals surface area contributed by atoms with E-state index < -0.39 is 0 Å². The number of rotatable bonds is 5. The number of piperidine rings is 1. The molecule has 0 aromatic heterocycles. The van der Waals surface area contributed by atoms with Gasteiger partial charge in [-0.1, -0.05) is 25.1 Å². The van der Waals surface area contributed by atoms with Crippen LogP contribution in [-0.2, 0) is 4.74 Å². The van der Waals surface area contributed by atoms with E-state index in [9.17, 15) is 4.79 Å². The van der Waals surface area contributed by atoms with Crippen LogP contribution in [-0.4, -0.2) is 31.3 Å². The Bertz CT molecular complexity index is 898. The molecule has 0 amide bonds. The van der Waals surface area contributed by atoms with Crippen LogP contribution in [0.15, 0.2) is 42.5 Å². The first kappa shape index (κ1) is 22.1. The molecular weight excluding hydrogens is 394 g/mol. The minimum absolute atomic E-state index is 0.0587. The number of hydrogen-bond acceptors (Lipinski definition) is 4. The molecule has 0 bridgehead atoms. The van der Waals surface area contributed by atoms with Crippen LogP contribution in [0.1, 0.15) is 54.2 Å². The Morgan fingerprint density at radius 3 is 2.63 bits per heavy atom. The Hall–Kier alpha value is -2.60. The highest BCUT2D eigenvalue weighted by atomic mass is 32.1. The molecule has 2 N–H and O–H groups in total. The van der Waals surface area contributed by atoms with Crippen molar-refractivity contribution in [1.82, 2.24) is 5.32 Å². The van der Waals surface area contributed by atoms with Gasteiger partial charge in [-0.2, -0.15) is 0 Å². The monoisotopic (exact) mass is 425 g/mol. The van der Waals surface area contributed by atoms with Crippen molar-refractivity contribution >= 4 is 34.7 Å². The number of carbonyl (C=O) groups excluding carboxylic acids is 1. The van der Waals surface area contributed by atoms with E-state index in [2.05, 4.69) is 53.6 Å². The molecule has 1 heterocycles. The molecule has 2 atom stereocenters. The van der Waals surface area contributed by atoms with Crippen molar-refractivity contribution in [2.24, 2.45) is 5.92 Å². The number of nitrogens with zero attached hydrogens (tertiary/aromatic N) is 1. The third kappa shape index (κ3) is 5.30. The van der Waals surface area contributed by atoms with Crippen LogP contribution in [0.25, 0.3) is 0 Å². The van der Waals surface area contributed by atoms with Crippen molar-refractivity contribution < 1.29 is 9.53 Å². The van der Waals surface area contributed by atoms with E-state index in [1.807, 2.05) is 19.1 Å². The molecule has 1 aliphatic heterocycles. The number of esters is 1. The molecule has 0 aliphatic carbocycles. The summed E-state index contributed by atoms with van der Waals surface area (Å²) < 4.78 is 4.84. The molecule has 0 unspecified atom stereocenters. The van der Waals surface area contributed by atoms with Crippen LogP contribution in [0, 0.1) is 12.8 Å². The predicted molar refractivity (Wildman–Crippen MR) is 127 cm³/mol. The van der Waals surface area contributed by atoms with Gasteiger partial charge < -0.3 is 20.3 Å². The average molecular weight is 426 g/mol. The largest absolute Gasteiger partial charge is 0.465 e. The number of ether oxygens (including phenoxy) is 1. The molecule has 0 saturated carbocycles. The van der Waals surface area contributed by atoms with Crippen molar-refractivity contribution in [2.45, 2.75) is 39.7 Å². The van der Waals surface area contributed by atoms with Gasteiger partial charge in [0.15, 0.2) is 5.11 Å². The Kier molecular flexibility index (Phi) is 7.32. The average Bonchev–Trinajstić information content (AvgIpc) is 2.74. The van der Waals surface area contributed by atoms with Crippen molar-refractivity contribution in [2.75, 3.05) is 30.4 Å². The van der Waals surface area contributed by atoms with Gasteiger partial charge in [0.2, 0.25) is 0 Å². The predicted octanol–water partition coefficient (Wildman–Crippen LogP) is 5.07. The van der Waals surface area contributed by atoms with Crippen LogP contribution < -0.4 is 15.5 Å². The second kappa shape index (κ2) is 9.94. The Morgan fingerprint density at radius 1 is 1.23 bits per heavy atom.